The van der Waals surface area contributed by atoms with E-state index in [1.165, 1.54) is 10.8 Å². The fraction of sp³-hybridized carbons (Fsp3) is 0.455. The van der Waals surface area contributed by atoms with Crippen LogP contribution in [0.4, 0.5) is 5.69 Å². The molecule has 1 aromatic carbocycles. The van der Waals surface area contributed by atoms with Crippen molar-refractivity contribution in [3.63, 3.8) is 0 Å². The van der Waals surface area contributed by atoms with Crippen molar-refractivity contribution in [2.45, 2.75) is 13.3 Å². The number of hydrogen-bond acceptors (Lipinski definition) is 1. The third-order valence-corrected chi connectivity index (χ3v) is 2.44. The largest absolute Gasteiger partial charge is 1.00 e. The summed E-state index contributed by atoms with van der Waals surface area (Å²) in [5.41, 5.74) is 1.12. The van der Waals surface area contributed by atoms with Gasteiger partial charge in [0.2, 0.25) is 0 Å². The van der Waals surface area contributed by atoms with Crippen LogP contribution < -0.4 is 4.90 Å². The summed E-state index contributed by atoms with van der Waals surface area (Å²) in [5.74, 6) is 0. The van der Waals surface area contributed by atoms with Gasteiger partial charge >= 0.3 is 22.4 Å². The van der Waals surface area contributed by atoms with Crippen molar-refractivity contribution in [2.75, 3.05) is 23.4 Å². The SMILES string of the molecule is CCCI.CN(C)c1[c-]cccc1.[Au+]. The number of halogens is 1. The Bertz CT molecular complexity index is 200. The number of para-hydroxylation sites is 1. The van der Waals surface area contributed by atoms with Gasteiger partial charge in [-0.05, 0) is 10.8 Å². The maximum absolute atomic E-state index is 3.09. The van der Waals surface area contributed by atoms with Crippen molar-refractivity contribution < 1.29 is 22.4 Å². The molecule has 0 saturated heterocycles. The Labute approximate surface area is 117 Å². The van der Waals surface area contributed by atoms with Gasteiger partial charge in [0.25, 0.3) is 0 Å². The van der Waals surface area contributed by atoms with Crippen molar-refractivity contribution >= 4 is 28.3 Å². The molecule has 1 rings (SSSR count). The second kappa shape index (κ2) is 11.6. The summed E-state index contributed by atoms with van der Waals surface area (Å²) in [6.45, 7) is 2.17. The van der Waals surface area contributed by atoms with E-state index in [9.17, 15) is 0 Å². The molecule has 0 spiro atoms. The third kappa shape index (κ3) is 9.06. The maximum Gasteiger partial charge on any atom is 1.00 e. The molecule has 0 fully saturated rings. The second-order valence-corrected chi connectivity index (χ2v) is 3.91. The van der Waals surface area contributed by atoms with E-state index in [2.05, 4.69) is 35.6 Å². The van der Waals surface area contributed by atoms with Gasteiger partial charge in [-0.2, -0.15) is 24.3 Å². The summed E-state index contributed by atoms with van der Waals surface area (Å²) >= 11 is 2.35. The van der Waals surface area contributed by atoms with Gasteiger partial charge in [0.05, 0.1) is 0 Å². The van der Waals surface area contributed by atoms with Crippen LogP contribution in [0.25, 0.3) is 0 Å². The Morgan fingerprint density at radius 3 is 2.14 bits per heavy atom. The zero-order chi connectivity index (χ0) is 10.1. The van der Waals surface area contributed by atoms with Crippen molar-refractivity contribution in [1.82, 2.24) is 0 Å². The molecule has 0 aromatic heterocycles. The molecule has 0 aliphatic carbocycles. The van der Waals surface area contributed by atoms with Gasteiger partial charge in [-0.25, -0.2) is 0 Å². The van der Waals surface area contributed by atoms with Crippen molar-refractivity contribution in [3.05, 3.63) is 30.3 Å². The van der Waals surface area contributed by atoms with E-state index >= 15 is 0 Å². The molecule has 0 N–H and O–H groups in total. The number of rotatable bonds is 2. The molecule has 0 amide bonds. The summed E-state index contributed by atoms with van der Waals surface area (Å²) in [6, 6.07) is 11.0. The first-order chi connectivity index (χ1) is 6.22. The number of benzene rings is 1. The van der Waals surface area contributed by atoms with Gasteiger partial charge in [0.1, 0.15) is 0 Å². The van der Waals surface area contributed by atoms with E-state index in [-0.39, 0.29) is 22.4 Å². The van der Waals surface area contributed by atoms with Crippen LogP contribution in [0.3, 0.4) is 0 Å². The molecule has 0 bridgehead atoms. The molecule has 0 atom stereocenters. The molecule has 0 aliphatic rings. The zero-order valence-corrected chi connectivity index (χ0v) is 13.2. The van der Waals surface area contributed by atoms with Crippen LogP contribution in [0.2, 0.25) is 0 Å². The standard InChI is InChI=1S/C8H10N.C3H7I.Au/c1-9(2)8-6-4-3-5-7-8;1-2-3-4;/h3-6H,1-2H3;2-3H2,1H3;/q-1;;+1. The van der Waals surface area contributed by atoms with Gasteiger partial charge in [0.15, 0.2) is 0 Å². The molecule has 14 heavy (non-hydrogen) atoms. The Kier molecular flexibility index (Phi) is 14.0. The summed E-state index contributed by atoms with van der Waals surface area (Å²) in [6.07, 6.45) is 1.31. The van der Waals surface area contributed by atoms with Gasteiger partial charge in [0, 0.05) is 14.1 Å². The van der Waals surface area contributed by atoms with E-state index in [0.717, 1.165) is 5.69 Å². The predicted octanol–water partition coefficient (Wildman–Crippen LogP) is 3.38. The van der Waals surface area contributed by atoms with Crippen LogP contribution in [-0.4, -0.2) is 18.5 Å². The van der Waals surface area contributed by atoms with Crippen LogP contribution in [0.1, 0.15) is 13.3 Å². The minimum atomic E-state index is 0. The van der Waals surface area contributed by atoms with E-state index in [4.69, 9.17) is 0 Å². The summed E-state index contributed by atoms with van der Waals surface area (Å²) in [5, 5.41) is 0. The van der Waals surface area contributed by atoms with E-state index in [1.54, 1.807) is 0 Å². The first-order valence-corrected chi connectivity index (χ1v) is 5.95. The average Bonchev–Trinajstić information content (AvgIpc) is 2.19. The minimum Gasteiger partial charge on any atom is -0.400 e. The van der Waals surface area contributed by atoms with Crippen LogP contribution in [-0.2, 0) is 22.4 Å². The molecule has 0 saturated carbocycles. The van der Waals surface area contributed by atoms with E-state index in [1.807, 2.05) is 43.3 Å². The number of hydrogen-bond donors (Lipinski definition) is 0. The molecule has 1 nitrogen and oxygen atoms in total. The Balaban J connectivity index is 0. The third-order valence-electron chi connectivity index (χ3n) is 1.36. The zero-order valence-electron chi connectivity index (χ0n) is 8.85. The number of nitrogens with zero attached hydrogens (tertiary/aromatic N) is 1. The predicted molar refractivity (Wildman–Crippen MR) is 68.8 cm³/mol. The van der Waals surface area contributed by atoms with Crippen molar-refractivity contribution in [1.29, 1.82) is 0 Å². The van der Waals surface area contributed by atoms with Crippen molar-refractivity contribution in [2.24, 2.45) is 0 Å². The van der Waals surface area contributed by atoms with Crippen molar-refractivity contribution in [3.8, 4) is 0 Å². The Morgan fingerprint density at radius 1 is 1.36 bits per heavy atom. The quantitative estimate of drug-likeness (QED) is 0.268. The fourth-order valence-corrected chi connectivity index (χ4v) is 0.662. The monoisotopic (exact) mass is 487 g/mol. The van der Waals surface area contributed by atoms with Crippen LogP contribution in [0.5, 0.6) is 0 Å². The number of alkyl halides is 1. The topological polar surface area (TPSA) is 3.24 Å². The second-order valence-electron chi connectivity index (χ2n) is 2.83. The first-order valence-electron chi connectivity index (χ1n) is 4.42. The summed E-state index contributed by atoms with van der Waals surface area (Å²) in [7, 11) is 4.01. The average molecular weight is 487 g/mol. The van der Waals surface area contributed by atoms with E-state index < -0.39 is 0 Å². The molecule has 0 heterocycles. The Morgan fingerprint density at radius 2 is 1.93 bits per heavy atom. The molecule has 1 aromatic rings. The molecular formula is C11H17AuIN. The molecule has 0 unspecified atom stereocenters. The molecule has 0 radical (unpaired) electrons. The van der Waals surface area contributed by atoms with Gasteiger partial charge in [-0.3, -0.25) is 0 Å². The smallest absolute Gasteiger partial charge is 0.400 e. The maximum atomic E-state index is 3.09. The van der Waals surface area contributed by atoms with E-state index in [0.29, 0.717) is 0 Å². The Hall–Kier alpha value is 0.490. The molecule has 3 heteroatoms. The normalized spacial score (nSPS) is 8.00. The molecule has 84 valence electrons. The first kappa shape index (κ1) is 16.9. The van der Waals surface area contributed by atoms with Crippen LogP contribution in [0, 0.1) is 6.07 Å². The van der Waals surface area contributed by atoms with Crippen LogP contribution >= 0.6 is 22.6 Å². The number of anilines is 1. The minimum absolute atomic E-state index is 0. The van der Waals surface area contributed by atoms with Gasteiger partial charge in [-0.1, -0.05) is 35.2 Å². The molecule has 0 aliphatic heterocycles. The fourth-order valence-electron chi connectivity index (χ4n) is 0.662. The van der Waals surface area contributed by atoms with Gasteiger partial charge in [-0.15, -0.1) is 6.07 Å². The van der Waals surface area contributed by atoms with Crippen LogP contribution in [0.15, 0.2) is 24.3 Å². The summed E-state index contributed by atoms with van der Waals surface area (Å²) < 4.78 is 1.29. The van der Waals surface area contributed by atoms with Gasteiger partial charge < -0.3 is 4.90 Å². The molecular weight excluding hydrogens is 470 g/mol. The summed E-state index contributed by atoms with van der Waals surface area (Å²) in [4.78, 5) is 2.03.